The van der Waals surface area contributed by atoms with E-state index in [4.69, 9.17) is 4.74 Å². The Morgan fingerprint density at radius 3 is 2.47 bits per heavy atom. The van der Waals surface area contributed by atoms with E-state index in [1.165, 1.54) is 12.0 Å². The lowest BCUT2D eigenvalue weighted by molar-refractivity contribution is 0.307. The zero-order chi connectivity index (χ0) is 12.5. The molecule has 0 aliphatic rings. The van der Waals surface area contributed by atoms with Gasteiger partial charge in [0.15, 0.2) is 0 Å². The molecule has 1 aromatic carbocycles. The first-order valence-corrected chi connectivity index (χ1v) is 6.58. The van der Waals surface area contributed by atoms with Crippen molar-refractivity contribution in [2.24, 2.45) is 5.92 Å². The van der Waals surface area contributed by atoms with Gasteiger partial charge in [-0.05, 0) is 50.9 Å². The summed E-state index contributed by atoms with van der Waals surface area (Å²) in [5, 5.41) is 3.43. The van der Waals surface area contributed by atoms with Gasteiger partial charge in [0, 0.05) is 0 Å². The van der Waals surface area contributed by atoms with Crippen molar-refractivity contribution in [1.29, 1.82) is 0 Å². The summed E-state index contributed by atoms with van der Waals surface area (Å²) < 4.78 is 5.65. The van der Waals surface area contributed by atoms with Gasteiger partial charge in [-0.3, -0.25) is 0 Å². The molecule has 17 heavy (non-hydrogen) atoms. The molecule has 0 saturated carbocycles. The molecule has 96 valence electrons. The van der Waals surface area contributed by atoms with Crippen molar-refractivity contribution in [2.45, 2.75) is 33.6 Å². The van der Waals surface area contributed by atoms with Crippen molar-refractivity contribution in [3.8, 4) is 5.75 Å². The van der Waals surface area contributed by atoms with Crippen molar-refractivity contribution in [1.82, 2.24) is 5.32 Å². The number of nitrogens with one attached hydrogen (secondary N) is 1. The topological polar surface area (TPSA) is 21.3 Å². The Kier molecular flexibility index (Phi) is 6.71. The van der Waals surface area contributed by atoms with E-state index in [0.717, 1.165) is 37.8 Å². The Morgan fingerprint density at radius 2 is 1.82 bits per heavy atom. The van der Waals surface area contributed by atoms with Gasteiger partial charge in [0.1, 0.15) is 5.75 Å². The van der Waals surface area contributed by atoms with Gasteiger partial charge in [0.05, 0.1) is 6.61 Å². The van der Waals surface area contributed by atoms with Crippen LogP contribution in [-0.2, 0) is 0 Å². The molecule has 0 heterocycles. The average Bonchev–Trinajstić information content (AvgIpc) is 2.30. The molecule has 0 saturated heterocycles. The van der Waals surface area contributed by atoms with Crippen molar-refractivity contribution in [3.05, 3.63) is 29.8 Å². The number of ether oxygens (including phenoxy) is 1. The van der Waals surface area contributed by atoms with E-state index in [-0.39, 0.29) is 0 Å². The van der Waals surface area contributed by atoms with Gasteiger partial charge >= 0.3 is 0 Å². The smallest absolute Gasteiger partial charge is 0.119 e. The maximum Gasteiger partial charge on any atom is 0.119 e. The monoisotopic (exact) mass is 235 g/mol. The quantitative estimate of drug-likeness (QED) is 0.697. The normalized spacial score (nSPS) is 10.8. The Bertz CT molecular complexity index is 292. The fourth-order valence-electron chi connectivity index (χ4n) is 1.54. The fraction of sp³-hybridized carbons (Fsp3) is 0.600. The highest BCUT2D eigenvalue weighted by molar-refractivity contribution is 5.26. The number of aryl methyl sites for hydroxylation is 1. The third-order valence-corrected chi connectivity index (χ3v) is 2.69. The average molecular weight is 235 g/mol. The van der Waals surface area contributed by atoms with Crippen LogP contribution in [-0.4, -0.2) is 19.7 Å². The molecule has 2 heteroatoms. The molecule has 0 atom stereocenters. The van der Waals surface area contributed by atoms with Crippen LogP contribution in [0, 0.1) is 12.8 Å². The van der Waals surface area contributed by atoms with Crippen LogP contribution >= 0.6 is 0 Å². The standard InChI is InChI=1S/C15H25NO/c1-13(2)9-11-16-10-4-12-17-15-7-5-14(3)6-8-15/h5-8,13,16H,4,9-12H2,1-3H3. The van der Waals surface area contributed by atoms with Crippen molar-refractivity contribution >= 4 is 0 Å². The number of hydrogen-bond donors (Lipinski definition) is 1. The number of hydrogen-bond acceptors (Lipinski definition) is 2. The predicted molar refractivity (Wildman–Crippen MR) is 73.6 cm³/mol. The molecule has 0 radical (unpaired) electrons. The zero-order valence-corrected chi connectivity index (χ0v) is 11.3. The molecule has 1 rings (SSSR count). The lowest BCUT2D eigenvalue weighted by atomic mass is 10.1. The van der Waals surface area contributed by atoms with Gasteiger partial charge in [-0.2, -0.15) is 0 Å². The summed E-state index contributed by atoms with van der Waals surface area (Å²) in [5.74, 6) is 1.75. The molecule has 0 spiro atoms. The van der Waals surface area contributed by atoms with E-state index in [2.05, 4.69) is 38.2 Å². The van der Waals surface area contributed by atoms with Crippen LogP contribution in [0.5, 0.6) is 5.75 Å². The van der Waals surface area contributed by atoms with E-state index in [1.54, 1.807) is 0 Å². The first kappa shape index (κ1) is 14.0. The molecule has 0 aromatic heterocycles. The van der Waals surface area contributed by atoms with Gasteiger partial charge in [-0.15, -0.1) is 0 Å². The van der Waals surface area contributed by atoms with E-state index in [1.807, 2.05) is 12.1 Å². The molecule has 0 bridgehead atoms. The summed E-state index contributed by atoms with van der Waals surface area (Å²) in [7, 11) is 0. The summed E-state index contributed by atoms with van der Waals surface area (Å²) >= 11 is 0. The molecule has 2 nitrogen and oxygen atoms in total. The van der Waals surface area contributed by atoms with E-state index in [9.17, 15) is 0 Å². The first-order valence-electron chi connectivity index (χ1n) is 6.58. The van der Waals surface area contributed by atoms with Gasteiger partial charge < -0.3 is 10.1 Å². The molecular weight excluding hydrogens is 210 g/mol. The van der Waals surface area contributed by atoms with Crippen LogP contribution in [0.4, 0.5) is 0 Å². The van der Waals surface area contributed by atoms with Crippen molar-refractivity contribution in [2.75, 3.05) is 19.7 Å². The molecule has 0 amide bonds. The summed E-state index contributed by atoms with van der Waals surface area (Å²) in [6.07, 6.45) is 2.31. The summed E-state index contributed by atoms with van der Waals surface area (Å²) in [6.45, 7) is 9.53. The molecule has 0 aliphatic heterocycles. The summed E-state index contributed by atoms with van der Waals surface area (Å²) in [6, 6.07) is 8.22. The second-order valence-corrected chi connectivity index (χ2v) is 4.95. The minimum Gasteiger partial charge on any atom is -0.494 e. The van der Waals surface area contributed by atoms with Gasteiger partial charge in [0.25, 0.3) is 0 Å². The van der Waals surface area contributed by atoms with Gasteiger partial charge in [0.2, 0.25) is 0 Å². The summed E-state index contributed by atoms with van der Waals surface area (Å²) in [4.78, 5) is 0. The lowest BCUT2D eigenvalue weighted by Crippen LogP contribution is -2.19. The minimum absolute atomic E-state index is 0.784. The van der Waals surface area contributed by atoms with Gasteiger partial charge in [-0.25, -0.2) is 0 Å². The zero-order valence-electron chi connectivity index (χ0n) is 11.3. The molecule has 1 N–H and O–H groups in total. The Hall–Kier alpha value is -1.02. The van der Waals surface area contributed by atoms with Crippen LogP contribution in [0.15, 0.2) is 24.3 Å². The van der Waals surface area contributed by atoms with Crippen molar-refractivity contribution in [3.63, 3.8) is 0 Å². The third kappa shape index (κ3) is 7.01. The van der Waals surface area contributed by atoms with E-state index in [0.29, 0.717) is 0 Å². The van der Waals surface area contributed by atoms with Crippen LogP contribution < -0.4 is 10.1 Å². The molecule has 0 fully saturated rings. The minimum atomic E-state index is 0.784. The summed E-state index contributed by atoms with van der Waals surface area (Å²) in [5.41, 5.74) is 1.27. The lowest BCUT2D eigenvalue weighted by Gasteiger charge is -2.08. The van der Waals surface area contributed by atoms with Crippen LogP contribution in [0.2, 0.25) is 0 Å². The predicted octanol–water partition coefficient (Wildman–Crippen LogP) is 3.40. The number of rotatable bonds is 8. The Morgan fingerprint density at radius 1 is 1.12 bits per heavy atom. The number of benzene rings is 1. The highest BCUT2D eigenvalue weighted by Gasteiger charge is 1.95. The van der Waals surface area contributed by atoms with E-state index < -0.39 is 0 Å². The van der Waals surface area contributed by atoms with Crippen LogP contribution in [0.3, 0.4) is 0 Å². The largest absolute Gasteiger partial charge is 0.494 e. The Labute approximate surface area is 105 Å². The van der Waals surface area contributed by atoms with Crippen LogP contribution in [0.25, 0.3) is 0 Å². The fourth-order valence-corrected chi connectivity index (χ4v) is 1.54. The second kappa shape index (κ2) is 8.13. The molecule has 0 unspecified atom stereocenters. The first-order chi connectivity index (χ1) is 8.18. The molecule has 1 aromatic rings. The second-order valence-electron chi connectivity index (χ2n) is 4.95. The third-order valence-electron chi connectivity index (χ3n) is 2.69. The maximum absolute atomic E-state index is 5.65. The molecule has 0 aliphatic carbocycles. The Balaban J connectivity index is 1.99. The highest BCUT2D eigenvalue weighted by atomic mass is 16.5. The maximum atomic E-state index is 5.65. The highest BCUT2D eigenvalue weighted by Crippen LogP contribution is 2.11. The van der Waals surface area contributed by atoms with Crippen LogP contribution in [0.1, 0.15) is 32.3 Å². The van der Waals surface area contributed by atoms with Gasteiger partial charge in [-0.1, -0.05) is 31.5 Å². The van der Waals surface area contributed by atoms with Crippen molar-refractivity contribution < 1.29 is 4.74 Å². The SMILES string of the molecule is Cc1ccc(OCCCNCCC(C)C)cc1. The molecular formula is C15H25NO. The van der Waals surface area contributed by atoms with E-state index >= 15 is 0 Å².